The molecule has 1 heterocycles. The molecule has 0 fully saturated rings. The Morgan fingerprint density at radius 3 is 2.42 bits per heavy atom. The first-order chi connectivity index (χ1) is 9.00. The summed E-state index contributed by atoms with van der Waals surface area (Å²) in [5, 5.41) is 0. The predicted octanol–water partition coefficient (Wildman–Crippen LogP) is 3.78. The molecular weight excluding hydrogens is 236 g/mol. The van der Waals surface area contributed by atoms with Gasteiger partial charge < -0.3 is 9.30 Å². The quantitative estimate of drug-likeness (QED) is 0.834. The molecule has 3 heteroatoms. The van der Waals surface area contributed by atoms with Crippen molar-refractivity contribution in [3.8, 4) is 5.75 Å². The topological polar surface area (TPSA) is 27.1 Å². The van der Waals surface area contributed by atoms with Gasteiger partial charge in [-0.2, -0.15) is 0 Å². The molecule has 0 spiro atoms. The molecule has 0 atom stereocenters. The van der Waals surface area contributed by atoms with Gasteiger partial charge in [0.05, 0.1) is 18.2 Å². The molecular formula is C16H22N2O. The fourth-order valence-corrected chi connectivity index (χ4v) is 1.96. The van der Waals surface area contributed by atoms with Gasteiger partial charge in [0.2, 0.25) is 0 Å². The molecule has 0 amide bonds. The van der Waals surface area contributed by atoms with Crippen molar-refractivity contribution in [3.05, 3.63) is 48.0 Å². The van der Waals surface area contributed by atoms with Crippen molar-refractivity contribution in [3.63, 3.8) is 0 Å². The maximum Gasteiger partial charge on any atom is 0.130 e. The van der Waals surface area contributed by atoms with E-state index < -0.39 is 0 Å². The molecule has 0 saturated heterocycles. The van der Waals surface area contributed by atoms with Gasteiger partial charge in [0.1, 0.15) is 12.4 Å². The minimum Gasteiger partial charge on any atom is -0.487 e. The zero-order valence-electron chi connectivity index (χ0n) is 12.2. The number of rotatable bonds is 4. The van der Waals surface area contributed by atoms with Crippen molar-refractivity contribution in [2.45, 2.75) is 46.3 Å². The van der Waals surface area contributed by atoms with Gasteiger partial charge in [0.25, 0.3) is 0 Å². The summed E-state index contributed by atoms with van der Waals surface area (Å²) in [6, 6.07) is 8.33. The number of aryl methyl sites for hydroxylation is 1. The van der Waals surface area contributed by atoms with Crippen LogP contribution in [0.3, 0.4) is 0 Å². The van der Waals surface area contributed by atoms with E-state index >= 15 is 0 Å². The summed E-state index contributed by atoms with van der Waals surface area (Å²) < 4.78 is 7.89. The molecule has 0 unspecified atom stereocenters. The Morgan fingerprint density at radius 1 is 1.16 bits per heavy atom. The van der Waals surface area contributed by atoms with E-state index in [1.807, 2.05) is 24.7 Å². The minimum atomic E-state index is 0.180. The minimum absolute atomic E-state index is 0.180. The Balaban J connectivity index is 2.01. The van der Waals surface area contributed by atoms with Crippen LogP contribution in [0, 0.1) is 0 Å². The highest BCUT2D eigenvalue weighted by atomic mass is 16.5. The maximum atomic E-state index is 5.80. The van der Waals surface area contributed by atoms with E-state index in [0.29, 0.717) is 6.61 Å². The van der Waals surface area contributed by atoms with E-state index in [9.17, 15) is 0 Å². The first-order valence-corrected chi connectivity index (χ1v) is 6.73. The first-order valence-electron chi connectivity index (χ1n) is 6.73. The Hall–Kier alpha value is -1.77. The van der Waals surface area contributed by atoms with Crippen LogP contribution in [0.5, 0.6) is 5.75 Å². The average molecular weight is 258 g/mol. The second-order valence-electron chi connectivity index (χ2n) is 5.73. The zero-order chi connectivity index (χ0) is 13.9. The average Bonchev–Trinajstić information content (AvgIpc) is 2.83. The number of hydrogen-bond donors (Lipinski definition) is 0. The normalized spacial score (nSPS) is 11.6. The van der Waals surface area contributed by atoms with Crippen LogP contribution in [0.4, 0.5) is 0 Å². The van der Waals surface area contributed by atoms with Crippen LogP contribution < -0.4 is 4.74 Å². The molecule has 0 N–H and O–H groups in total. The molecule has 102 valence electrons. The van der Waals surface area contributed by atoms with Crippen LogP contribution in [0.15, 0.2) is 36.8 Å². The fraction of sp³-hybridized carbons (Fsp3) is 0.438. The summed E-state index contributed by atoms with van der Waals surface area (Å²) in [4.78, 5) is 4.13. The smallest absolute Gasteiger partial charge is 0.130 e. The van der Waals surface area contributed by atoms with Gasteiger partial charge >= 0.3 is 0 Å². The third-order valence-corrected chi connectivity index (χ3v) is 3.25. The zero-order valence-corrected chi connectivity index (χ0v) is 12.2. The van der Waals surface area contributed by atoms with E-state index in [4.69, 9.17) is 4.74 Å². The second kappa shape index (κ2) is 5.47. The standard InChI is InChI=1S/C16H22N2O/c1-5-18-12-17-10-14(18)11-19-15-8-6-13(7-9-15)16(2,3)4/h6-10,12H,5,11H2,1-4H3. The molecule has 1 aromatic carbocycles. The lowest BCUT2D eigenvalue weighted by Crippen LogP contribution is -2.10. The molecule has 2 rings (SSSR count). The monoisotopic (exact) mass is 258 g/mol. The number of imidazole rings is 1. The molecule has 2 aromatic rings. The fourth-order valence-electron chi connectivity index (χ4n) is 1.96. The predicted molar refractivity (Wildman–Crippen MR) is 77.4 cm³/mol. The van der Waals surface area contributed by atoms with Crippen LogP contribution in [0.2, 0.25) is 0 Å². The molecule has 0 aliphatic carbocycles. The van der Waals surface area contributed by atoms with Gasteiger partial charge in [-0.15, -0.1) is 0 Å². The van der Waals surface area contributed by atoms with Crippen molar-refractivity contribution in [1.82, 2.24) is 9.55 Å². The van der Waals surface area contributed by atoms with E-state index in [1.54, 1.807) is 0 Å². The van der Waals surface area contributed by atoms with Gasteiger partial charge in [-0.05, 0) is 30.0 Å². The lowest BCUT2D eigenvalue weighted by molar-refractivity contribution is 0.295. The highest BCUT2D eigenvalue weighted by molar-refractivity contribution is 5.31. The number of nitrogens with zero attached hydrogens (tertiary/aromatic N) is 2. The number of benzene rings is 1. The number of ether oxygens (including phenoxy) is 1. The number of hydrogen-bond acceptors (Lipinski definition) is 2. The summed E-state index contributed by atoms with van der Waals surface area (Å²) in [5.74, 6) is 0.900. The molecule has 3 nitrogen and oxygen atoms in total. The highest BCUT2D eigenvalue weighted by Gasteiger charge is 2.13. The summed E-state index contributed by atoms with van der Waals surface area (Å²) in [6.45, 7) is 10.2. The van der Waals surface area contributed by atoms with Crippen molar-refractivity contribution < 1.29 is 4.74 Å². The molecule has 0 aliphatic heterocycles. The van der Waals surface area contributed by atoms with E-state index in [2.05, 4.69) is 49.4 Å². The van der Waals surface area contributed by atoms with Crippen molar-refractivity contribution >= 4 is 0 Å². The van der Waals surface area contributed by atoms with Crippen molar-refractivity contribution in [2.75, 3.05) is 0 Å². The maximum absolute atomic E-state index is 5.80. The highest BCUT2D eigenvalue weighted by Crippen LogP contribution is 2.24. The van der Waals surface area contributed by atoms with Crippen molar-refractivity contribution in [1.29, 1.82) is 0 Å². The molecule has 1 aromatic heterocycles. The lowest BCUT2D eigenvalue weighted by Gasteiger charge is -2.19. The summed E-state index contributed by atoms with van der Waals surface area (Å²) >= 11 is 0. The van der Waals surface area contributed by atoms with Crippen LogP contribution in [-0.2, 0) is 18.6 Å². The summed E-state index contributed by atoms with van der Waals surface area (Å²) in [5.41, 5.74) is 2.60. The largest absolute Gasteiger partial charge is 0.487 e. The molecule has 19 heavy (non-hydrogen) atoms. The van der Waals surface area contributed by atoms with Crippen LogP contribution in [0.1, 0.15) is 39.0 Å². The van der Waals surface area contributed by atoms with Crippen LogP contribution in [0.25, 0.3) is 0 Å². The molecule has 0 aliphatic rings. The first kappa shape index (κ1) is 13.7. The van der Waals surface area contributed by atoms with Gasteiger partial charge in [0.15, 0.2) is 0 Å². The summed E-state index contributed by atoms with van der Waals surface area (Å²) in [6.07, 6.45) is 3.69. The van der Waals surface area contributed by atoms with Crippen LogP contribution in [-0.4, -0.2) is 9.55 Å². The van der Waals surface area contributed by atoms with Crippen LogP contribution >= 0.6 is 0 Å². The van der Waals surface area contributed by atoms with Gasteiger partial charge in [-0.25, -0.2) is 4.98 Å². The van der Waals surface area contributed by atoms with E-state index in [0.717, 1.165) is 18.0 Å². The Labute approximate surface area is 115 Å². The van der Waals surface area contributed by atoms with E-state index in [-0.39, 0.29) is 5.41 Å². The lowest BCUT2D eigenvalue weighted by atomic mass is 9.87. The molecule has 0 saturated carbocycles. The van der Waals surface area contributed by atoms with Gasteiger partial charge in [-0.1, -0.05) is 32.9 Å². The molecule has 0 bridgehead atoms. The van der Waals surface area contributed by atoms with Crippen molar-refractivity contribution in [2.24, 2.45) is 0 Å². The van der Waals surface area contributed by atoms with Gasteiger partial charge in [0, 0.05) is 6.54 Å². The Morgan fingerprint density at radius 2 is 1.84 bits per heavy atom. The van der Waals surface area contributed by atoms with E-state index in [1.165, 1.54) is 5.56 Å². The number of aromatic nitrogens is 2. The van der Waals surface area contributed by atoms with Gasteiger partial charge in [-0.3, -0.25) is 0 Å². The third-order valence-electron chi connectivity index (χ3n) is 3.25. The second-order valence-corrected chi connectivity index (χ2v) is 5.73. The Kier molecular flexibility index (Phi) is 3.93. The summed E-state index contributed by atoms with van der Waals surface area (Å²) in [7, 11) is 0. The SMILES string of the molecule is CCn1cncc1COc1ccc(C(C)(C)C)cc1. The molecule has 0 radical (unpaired) electrons. The third kappa shape index (κ3) is 3.37. The Bertz CT molecular complexity index is 520.